The van der Waals surface area contributed by atoms with Gasteiger partial charge in [-0.1, -0.05) is 35.9 Å². The SMILES string of the molecule is CCNC(=O)C(c1ccc(C(=O)OCC)cc1Cl)c1ccccc1N1CCCCC1. The molecular weight excluding hydrogens is 400 g/mol. The molecule has 0 aromatic heterocycles. The lowest BCUT2D eigenvalue weighted by molar-refractivity contribution is -0.121. The van der Waals surface area contributed by atoms with E-state index in [4.69, 9.17) is 16.3 Å². The van der Waals surface area contributed by atoms with Gasteiger partial charge >= 0.3 is 5.97 Å². The number of hydrogen-bond donors (Lipinski definition) is 1. The van der Waals surface area contributed by atoms with Crippen LogP contribution in [0.3, 0.4) is 0 Å². The van der Waals surface area contributed by atoms with E-state index in [9.17, 15) is 9.59 Å². The zero-order chi connectivity index (χ0) is 21.5. The minimum absolute atomic E-state index is 0.104. The van der Waals surface area contributed by atoms with Gasteiger partial charge in [0.05, 0.1) is 18.1 Å². The maximum atomic E-state index is 13.2. The third-order valence-corrected chi connectivity index (χ3v) is 5.71. The predicted molar refractivity (Wildman–Crippen MR) is 120 cm³/mol. The van der Waals surface area contributed by atoms with Crippen molar-refractivity contribution < 1.29 is 14.3 Å². The predicted octanol–water partition coefficient (Wildman–Crippen LogP) is 4.78. The van der Waals surface area contributed by atoms with Crippen molar-refractivity contribution in [3.8, 4) is 0 Å². The Hall–Kier alpha value is -2.53. The summed E-state index contributed by atoms with van der Waals surface area (Å²) in [6, 6.07) is 13.1. The molecule has 1 aliphatic heterocycles. The summed E-state index contributed by atoms with van der Waals surface area (Å²) >= 11 is 6.60. The van der Waals surface area contributed by atoms with Crippen LogP contribution in [0.1, 0.15) is 60.5 Å². The molecule has 2 aromatic rings. The molecule has 1 heterocycles. The van der Waals surface area contributed by atoms with Crippen molar-refractivity contribution in [1.82, 2.24) is 5.32 Å². The lowest BCUT2D eigenvalue weighted by atomic mass is 9.88. The monoisotopic (exact) mass is 428 g/mol. The molecule has 3 rings (SSSR count). The Balaban J connectivity index is 2.05. The van der Waals surface area contributed by atoms with Crippen LogP contribution < -0.4 is 10.2 Å². The molecule has 1 saturated heterocycles. The highest BCUT2D eigenvalue weighted by Gasteiger charge is 2.29. The van der Waals surface area contributed by atoms with E-state index in [1.807, 2.05) is 25.1 Å². The van der Waals surface area contributed by atoms with E-state index in [2.05, 4.69) is 16.3 Å². The molecule has 1 aliphatic rings. The summed E-state index contributed by atoms with van der Waals surface area (Å²) in [5.74, 6) is -1.09. The van der Waals surface area contributed by atoms with Gasteiger partial charge in [0, 0.05) is 30.3 Å². The topological polar surface area (TPSA) is 58.6 Å². The standard InChI is InChI=1S/C24H29ClN2O3/c1-3-26-23(28)22(18-13-12-17(16-20(18)25)24(29)30-4-2)19-10-6-7-11-21(19)27-14-8-5-9-15-27/h6-7,10-13,16,22H,3-5,8-9,14-15H2,1-2H3,(H,26,28). The number of esters is 1. The molecule has 5 nitrogen and oxygen atoms in total. The Kier molecular flexibility index (Phi) is 7.75. The fourth-order valence-electron chi connectivity index (χ4n) is 3.98. The summed E-state index contributed by atoms with van der Waals surface area (Å²) < 4.78 is 5.07. The van der Waals surface area contributed by atoms with E-state index < -0.39 is 11.9 Å². The zero-order valence-corrected chi connectivity index (χ0v) is 18.4. The summed E-state index contributed by atoms with van der Waals surface area (Å²) in [4.78, 5) is 27.6. The van der Waals surface area contributed by atoms with Crippen LogP contribution in [0.25, 0.3) is 0 Å². The third kappa shape index (κ3) is 4.96. The second kappa shape index (κ2) is 10.5. The number of hydrogen-bond acceptors (Lipinski definition) is 4. The van der Waals surface area contributed by atoms with E-state index in [-0.39, 0.29) is 5.91 Å². The van der Waals surface area contributed by atoms with Gasteiger partial charge in [-0.2, -0.15) is 0 Å². The van der Waals surface area contributed by atoms with Crippen LogP contribution in [0.4, 0.5) is 5.69 Å². The highest BCUT2D eigenvalue weighted by molar-refractivity contribution is 6.32. The number of anilines is 1. The number of halogens is 1. The van der Waals surface area contributed by atoms with Gasteiger partial charge in [0.1, 0.15) is 0 Å². The number of piperidine rings is 1. The maximum absolute atomic E-state index is 13.2. The molecule has 160 valence electrons. The van der Waals surface area contributed by atoms with Crippen molar-refractivity contribution >= 4 is 29.2 Å². The van der Waals surface area contributed by atoms with Gasteiger partial charge in [-0.25, -0.2) is 4.79 Å². The molecule has 1 atom stereocenters. The van der Waals surface area contributed by atoms with E-state index in [0.717, 1.165) is 37.2 Å². The molecule has 0 spiro atoms. The van der Waals surface area contributed by atoms with Crippen molar-refractivity contribution in [3.63, 3.8) is 0 Å². The fourth-order valence-corrected chi connectivity index (χ4v) is 4.27. The number of para-hydroxylation sites is 1. The number of nitrogens with one attached hydrogen (secondary N) is 1. The van der Waals surface area contributed by atoms with Gasteiger partial charge in [0.15, 0.2) is 0 Å². The van der Waals surface area contributed by atoms with Crippen LogP contribution in [0.15, 0.2) is 42.5 Å². The fraction of sp³-hybridized carbons (Fsp3) is 0.417. The summed E-state index contributed by atoms with van der Waals surface area (Å²) in [6.07, 6.45) is 3.53. The summed E-state index contributed by atoms with van der Waals surface area (Å²) in [7, 11) is 0. The molecule has 0 radical (unpaired) electrons. The van der Waals surface area contributed by atoms with E-state index in [0.29, 0.717) is 29.3 Å². The first-order chi connectivity index (χ1) is 14.6. The second-order valence-corrected chi connectivity index (χ2v) is 7.80. The first-order valence-corrected chi connectivity index (χ1v) is 11.0. The zero-order valence-electron chi connectivity index (χ0n) is 17.6. The number of ether oxygens (including phenoxy) is 1. The molecule has 1 N–H and O–H groups in total. The summed E-state index contributed by atoms with van der Waals surface area (Å²) in [5.41, 5.74) is 3.06. The molecule has 1 fully saturated rings. The minimum atomic E-state index is -0.563. The molecule has 1 amide bonds. The van der Waals surface area contributed by atoms with Crippen molar-refractivity contribution in [3.05, 3.63) is 64.2 Å². The number of carbonyl (C=O) groups is 2. The van der Waals surface area contributed by atoms with Crippen molar-refractivity contribution in [2.24, 2.45) is 0 Å². The number of rotatable bonds is 7. The normalized spacial score (nSPS) is 14.8. The van der Waals surface area contributed by atoms with Crippen LogP contribution in [0.2, 0.25) is 5.02 Å². The summed E-state index contributed by atoms with van der Waals surface area (Å²) in [5, 5.41) is 3.33. The van der Waals surface area contributed by atoms with E-state index in [1.54, 1.807) is 25.1 Å². The second-order valence-electron chi connectivity index (χ2n) is 7.39. The van der Waals surface area contributed by atoms with Gasteiger partial charge in [0.2, 0.25) is 5.91 Å². The molecule has 1 unspecified atom stereocenters. The third-order valence-electron chi connectivity index (χ3n) is 5.38. The lowest BCUT2D eigenvalue weighted by Crippen LogP contribution is -2.34. The molecule has 0 bridgehead atoms. The Morgan fingerprint density at radius 3 is 2.47 bits per heavy atom. The lowest BCUT2D eigenvalue weighted by Gasteiger charge is -2.32. The molecule has 30 heavy (non-hydrogen) atoms. The van der Waals surface area contributed by atoms with Crippen LogP contribution in [0, 0.1) is 0 Å². The molecule has 0 saturated carbocycles. The average molecular weight is 429 g/mol. The Morgan fingerprint density at radius 1 is 1.07 bits per heavy atom. The smallest absolute Gasteiger partial charge is 0.338 e. The van der Waals surface area contributed by atoms with Gasteiger partial charge < -0.3 is 15.0 Å². The number of carbonyl (C=O) groups excluding carboxylic acids is 2. The van der Waals surface area contributed by atoms with Crippen LogP contribution >= 0.6 is 11.6 Å². The molecule has 6 heteroatoms. The highest BCUT2D eigenvalue weighted by atomic mass is 35.5. The number of amides is 1. The number of nitrogens with zero attached hydrogens (tertiary/aromatic N) is 1. The molecule has 2 aromatic carbocycles. The number of likely N-dealkylation sites (N-methyl/N-ethyl adjacent to an activating group) is 1. The Morgan fingerprint density at radius 2 is 1.80 bits per heavy atom. The van der Waals surface area contributed by atoms with Gasteiger partial charge in [-0.05, 0) is 62.4 Å². The maximum Gasteiger partial charge on any atom is 0.338 e. The van der Waals surface area contributed by atoms with E-state index in [1.165, 1.54) is 6.42 Å². The van der Waals surface area contributed by atoms with Gasteiger partial charge in [0.25, 0.3) is 0 Å². The Bertz CT molecular complexity index is 894. The number of benzene rings is 2. The Labute approximate surface area is 183 Å². The molecular formula is C24H29ClN2O3. The average Bonchev–Trinajstić information content (AvgIpc) is 2.76. The van der Waals surface area contributed by atoms with Gasteiger partial charge in [-0.15, -0.1) is 0 Å². The van der Waals surface area contributed by atoms with Crippen molar-refractivity contribution in [1.29, 1.82) is 0 Å². The highest BCUT2D eigenvalue weighted by Crippen LogP contribution is 2.37. The first kappa shape index (κ1) is 22.2. The molecule has 0 aliphatic carbocycles. The summed E-state index contributed by atoms with van der Waals surface area (Å²) in [6.45, 7) is 6.44. The van der Waals surface area contributed by atoms with Crippen LogP contribution in [-0.2, 0) is 9.53 Å². The van der Waals surface area contributed by atoms with Crippen molar-refractivity contribution in [2.45, 2.75) is 39.0 Å². The van der Waals surface area contributed by atoms with E-state index >= 15 is 0 Å². The quantitative estimate of drug-likeness (QED) is 0.645. The first-order valence-electron chi connectivity index (χ1n) is 10.6. The van der Waals surface area contributed by atoms with Crippen LogP contribution in [0.5, 0.6) is 0 Å². The van der Waals surface area contributed by atoms with Gasteiger partial charge in [-0.3, -0.25) is 4.79 Å². The largest absolute Gasteiger partial charge is 0.462 e. The minimum Gasteiger partial charge on any atom is -0.462 e. The van der Waals surface area contributed by atoms with Crippen LogP contribution in [-0.4, -0.2) is 38.1 Å². The van der Waals surface area contributed by atoms with Crippen molar-refractivity contribution in [2.75, 3.05) is 31.1 Å².